The number of amides is 2. The highest BCUT2D eigenvalue weighted by molar-refractivity contribution is 5.83. The van der Waals surface area contributed by atoms with Crippen molar-refractivity contribution in [2.45, 2.75) is 26.9 Å². The lowest BCUT2D eigenvalue weighted by Crippen LogP contribution is -2.40. The monoisotopic (exact) mass is 228 g/mol. The minimum Gasteiger partial charge on any atom is -0.347 e. The lowest BCUT2D eigenvalue weighted by atomic mass is 10.5. The van der Waals surface area contributed by atoms with E-state index in [-0.39, 0.29) is 0 Å². The van der Waals surface area contributed by atoms with Crippen LogP contribution in [0.2, 0.25) is 0 Å². The normalized spacial score (nSPS) is 9.73. The average molecular weight is 228 g/mol. The van der Waals surface area contributed by atoms with E-state index in [0.29, 0.717) is 0 Å². The molecule has 0 fully saturated rings. The van der Waals surface area contributed by atoms with Gasteiger partial charge in [0.1, 0.15) is 6.54 Å². The number of carbonyl (C=O) groups excluding carboxylic acids is 2. The van der Waals surface area contributed by atoms with Crippen molar-refractivity contribution >= 4 is 11.8 Å². The van der Waals surface area contributed by atoms with Crippen molar-refractivity contribution in [1.82, 2.24) is 10.6 Å². The number of hydrogen-bond acceptors (Lipinski definition) is 2. The molecule has 0 atom stereocenters. The smallest absolute Gasteiger partial charge is 0.347 e. The van der Waals surface area contributed by atoms with Gasteiger partial charge in [-0.1, -0.05) is 13.8 Å². The standard InChI is InChI=1S/C6H9F3N2O2.C2H6/c1-4(12)10-2-5(13)11-3-6(7,8)9;1-2/h2-3H2,1H3,(H,10,12)(H,11,13);1-2H3. The van der Waals surface area contributed by atoms with Crippen molar-refractivity contribution in [3.8, 4) is 0 Å². The SMILES string of the molecule is CC.CC(=O)NCC(=O)NCC(F)(F)F. The Balaban J connectivity index is 0. The minimum atomic E-state index is -4.42. The first-order chi connectivity index (χ1) is 6.81. The van der Waals surface area contributed by atoms with E-state index in [9.17, 15) is 22.8 Å². The van der Waals surface area contributed by atoms with E-state index in [4.69, 9.17) is 0 Å². The zero-order chi connectivity index (χ0) is 12.5. The van der Waals surface area contributed by atoms with Crippen LogP contribution in [0.25, 0.3) is 0 Å². The second-order valence-corrected chi connectivity index (χ2v) is 2.30. The summed E-state index contributed by atoms with van der Waals surface area (Å²) in [6.45, 7) is 3.34. The van der Waals surface area contributed by atoms with Crippen molar-refractivity contribution in [3.63, 3.8) is 0 Å². The van der Waals surface area contributed by atoms with Crippen LogP contribution >= 0.6 is 0 Å². The summed E-state index contributed by atoms with van der Waals surface area (Å²) in [6.07, 6.45) is -4.42. The molecule has 90 valence electrons. The van der Waals surface area contributed by atoms with Crippen molar-refractivity contribution in [1.29, 1.82) is 0 Å². The van der Waals surface area contributed by atoms with Crippen molar-refractivity contribution < 1.29 is 22.8 Å². The van der Waals surface area contributed by atoms with Gasteiger partial charge < -0.3 is 10.6 Å². The van der Waals surface area contributed by atoms with Crippen LogP contribution in [0.5, 0.6) is 0 Å². The molecule has 0 aromatic carbocycles. The van der Waals surface area contributed by atoms with Crippen molar-refractivity contribution in [3.05, 3.63) is 0 Å². The molecule has 7 heteroatoms. The van der Waals surface area contributed by atoms with E-state index in [1.807, 2.05) is 13.8 Å². The molecule has 0 aromatic rings. The van der Waals surface area contributed by atoms with Gasteiger partial charge in [0.2, 0.25) is 11.8 Å². The molecule has 2 amide bonds. The Morgan fingerprint density at radius 3 is 1.93 bits per heavy atom. The number of alkyl halides is 3. The number of nitrogens with one attached hydrogen (secondary N) is 2. The Kier molecular flexibility index (Phi) is 8.70. The minimum absolute atomic E-state index is 0.439. The molecule has 0 aromatic heterocycles. The third-order valence-electron chi connectivity index (χ3n) is 0.984. The molecule has 15 heavy (non-hydrogen) atoms. The van der Waals surface area contributed by atoms with Gasteiger partial charge in [0.15, 0.2) is 0 Å². The predicted molar refractivity (Wildman–Crippen MR) is 49.1 cm³/mol. The van der Waals surface area contributed by atoms with Crippen LogP contribution in [0.3, 0.4) is 0 Å². The van der Waals surface area contributed by atoms with Crippen LogP contribution in [-0.2, 0) is 9.59 Å². The van der Waals surface area contributed by atoms with Crippen molar-refractivity contribution in [2.75, 3.05) is 13.1 Å². The second-order valence-electron chi connectivity index (χ2n) is 2.30. The fourth-order valence-corrected chi connectivity index (χ4v) is 0.466. The van der Waals surface area contributed by atoms with E-state index >= 15 is 0 Å². The lowest BCUT2D eigenvalue weighted by molar-refractivity contribution is -0.138. The molecule has 4 nitrogen and oxygen atoms in total. The predicted octanol–water partition coefficient (Wildman–Crippen LogP) is 0.827. The Labute approximate surface area is 86.2 Å². The highest BCUT2D eigenvalue weighted by Crippen LogP contribution is 2.11. The molecule has 0 bridgehead atoms. The second kappa shape index (κ2) is 8.07. The van der Waals surface area contributed by atoms with Crippen LogP contribution in [0.1, 0.15) is 20.8 Å². The maximum atomic E-state index is 11.5. The molecule has 0 rings (SSSR count). The van der Waals surface area contributed by atoms with E-state index in [1.165, 1.54) is 0 Å². The third-order valence-corrected chi connectivity index (χ3v) is 0.984. The molecule has 0 saturated heterocycles. The zero-order valence-electron chi connectivity index (χ0n) is 8.86. The van der Waals surface area contributed by atoms with E-state index in [2.05, 4.69) is 5.32 Å². The van der Waals surface area contributed by atoms with Crippen molar-refractivity contribution in [2.24, 2.45) is 0 Å². The highest BCUT2D eigenvalue weighted by Gasteiger charge is 2.27. The largest absolute Gasteiger partial charge is 0.405 e. The summed E-state index contributed by atoms with van der Waals surface area (Å²) >= 11 is 0. The van der Waals surface area contributed by atoms with Crippen LogP contribution < -0.4 is 10.6 Å². The summed E-state index contributed by atoms with van der Waals surface area (Å²) in [5.41, 5.74) is 0. The van der Waals surface area contributed by atoms with Crippen LogP contribution in [0.4, 0.5) is 13.2 Å². The van der Waals surface area contributed by atoms with E-state index in [0.717, 1.165) is 6.92 Å². The van der Waals surface area contributed by atoms with Gasteiger partial charge in [0, 0.05) is 6.92 Å². The first-order valence-corrected chi connectivity index (χ1v) is 4.39. The highest BCUT2D eigenvalue weighted by atomic mass is 19.4. The van der Waals surface area contributed by atoms with E-state index in [1.54, 1.807) is 5.32 Å². The summed E-state index contributed by atoms with van der Waals surface area (Å²) in [5, 5.41) is 3.66. The Morgan fingerprint density at radius 2 is 1.60 bits per heavy atom. The van der Waals surface area contributed by atoms with Gasteiger partial charge in [-0.15, -0.1) is 0 Å². The fourth-order valence-electron chi connectivity index (χ4n) is 0.466. The molecule has 0 aliphatic rings. The molecule has 0 heterocycles. The quantitative estimate of drug-likeness (QED) is 0.751. The van der Waals surface area contributed by atoms with Gasteiger partial charge in [-0.05, 0) is 0 Å². The molecule has 0 aliphatic heterocycles. The Hall–Kier alpha value is -1.27. The first-order valence-electron chi connectivity index (χ1n) is 4.39. The first kappa shape index (κ1) is 16.2. The Morgan fingerprint density at radius 1 is 1.13 bits per heavy atom. The van der Waals surface area contributed by atoms with Crippen LogP contribution in [0, 0.1) is 0 Å². The van der Waals surface area contributed by atoms with Gasteiger partial charge in [-0.3, -0.25) is 9.59 Å². The number of hydrogen-bond donors (Lipinski definition) is 2. The van der Waals surface area contributed by atoms with Crippen LogP contribution in [0.15, 0.2) is 0 Å². The Bertz CT molecular complexity index is 205. The van der Waals surface area contributed by atoms with Gasteiger partial charge in [0.05, 0.1) is 6.54 Å². The maximum absolute atomic E-state index is 11.5. The summed E-state index contributed by atoms with van der Waals surface area (Å²) < 4.78 is 34.5. The number of carbonyl (C=O) groups is 2. The molecule has 0 unspecified atom stereocenters. The lowest BCUT2D eigenvalue weighted by Gasteiger charge is -2.07. The number of rotatable bonds is 3. The summed E-state index contributed by atoms with van der Waals surface area (Å²) in [7, 11) is 0. The molecule has 0 radical (unpaired) electrons. The molecule has 2 N–H and O–H groups in total. The molecular formula is C8H15F3N2O2. The van der Waals surface area contributed by atoms with Gasteiger partial charge in [-0.25, -0.2) is 0 Å². The molecule has 0 saturated carbocycles. The van der Waals surface area contributed by atoms with Crippen LogP contribution in [-0.4, -0.2) is 31.1 Å². The fraction of sp³-hybridized carbons (Fsp3) is 0.750. The van der Waals surface area contributed by atoms with Gasteiger partial charge in [0.25, 0.3) is 0 Å². The molecule has 0 spiro atoms. The maximum Gasteiger partial charge on any atom is 0.405 e. The number of halogens is 3. The average Bonchev–Trinajstić information content (AvgIpc) is 2.13. The summed E-state index contributed by atoms with van der Waals surface area (Å²) in [6, 6.07) is 0. The zero-order valence-corrected chi connectivity index (χ0v) is 8.86. The van der Waals surface area contributed by atoms with E-state index < -0.39 is 31.1 Å². The van der Waals surface area contributed by atoms with Gasteiger partial charge >= 0.3 is 6.18 Å². The topological polar surface area (TPSA) is 58.2 Å². The summed E-state index contributed by atoms with van der Waals surface area (Å²) in [5.74, 6) is -1.34. The van der Waals surface area contributed by atoms with Gasteiger partial charge in [-0.2, -0.15) is 13.2 Å². The molecule has 0 aliphatic carbocycles. The third kappa shape index (κ3) is 15.5. The summed E-state index contributed by atoms with van der Waals surface area (Å²) in [4.78, 5) is 20.8. The molecular weight excluding hydrogens is 213 g/mol.